The van der Waals surface area contributed by atoms with Crippen LogP contribution in [-0.2, 0) is 49.3 Å². The van der Waals surface area contributed by atoms with E-state index in [0.29, 0.717) is 29.1 Å². The van der Waals surface area contributed by atoms with E-state index in [1.165, 1.54) is 13.8 Å². The number of pyridine rings is 1. The fourth-order valence-electron chi connectivity index (χ4n) is 9.27. The molecule has 14 atom stereocenters. The minimum atomic E-state index is -1.85. The summed E-state index contributed by atoms with van der Waals surface area (Å²) in [5, 5.41) is 28.5. The maximum absolute atomic E-state index is 14.5. The number of esters is 1. The number of hydrogen-bond acceptors (Lipinski definition) is 16. The predicted molar refractivity (Wildman–Crippen MR) is 222 cm³/mol. The number of ether oxygens (including phenoxy) is 5. The van der Waals surface area contributed by atoms with Crippen LogP contribution in [-0.4, -0.2) is 147 Å². The van der Waals surface area contributed by atoms with Crippen molar-refractivity contribution in [2.75, 3.05) is 27.3 Å². The molecule has 2 N–H and O–H groups in total. The highest BCUT2D eigenvalue weighted by Crippen LogP contribution is 2.40. The lowest BCUT2D eigenvalue weighted by Gasteiger charge is -2.47. The van der Waals surface area contributed by atoms with Crippen LogP contribution in [0.15, 0.2) is 47.1 Å². The average Bonchev–Trinajstić information content (AvgIpc) is 3.26. The second-order valence-corrected chi connectivity index (χ2v) is 17.8. The van der Waals surface area contributed by atoms with E-state index in [9.17, 15) is 24.6 Å². The van der Waals surface area contributed by atoms with Crippen molar-refractivity contribution in [2.24, 2.45) is 33.8 Å². The van der Waals surface area contributed by atoms with E-state index in [-0.39, 0.29) is 50.3 Å². The van der Waals surface area contributed by atoms with Crippen LogP contribution in [0.4, 0.5) is 0 Å². The first kappa shape index (κ1) is 46.4. The van der Waals surface area contributed by atoms with Crippen LogP contribution in [0.25, 0.3) is 11.4 Å². The van der Waals surface area contributed by atoms with Gasteiger partial charge in [-0.3, -0.25) is 29.3 Å². The number of ketones is 1. The number of amides is 1. The molecule has 0 spiro atoms. The van der Waals surface area contributed by atoms with Crippen LogP contribution >= 0.6 is 0 Å². The van der Waals surface area contributed by atoms with Gasteiger partial charge in [0.25, 0.3) is 5.91 Å². The topological polar surface area (TPSA) is 214 Å². The number of nitrogens with zero attached hydrogens (tertiary/aromatic N) is 6. The molecule has 0 aromatic carbocycles. The number of fused-ring (bicyclic) bond motifs is 4. The molecule has 17 nitrogen and oxygen atoms in total. The molecule has 4 aliphatic heterocycles. The zero-order valence-electron chi connectivity index (χ0n) is 36.9. The molecule has 2 aromatic heterocycles. The third kappa shape index (κ3) is 10.1. The van der Waals surface area contributed by atoms with Crippen molar-refractivity contribution in [2.45, 2.75) is 141 Å². The molecule has 0 aliphatic carbocycles. The number of aromatic nitrogens is 3. The summed E-state index contributed by atoms with van der Waals surface area (Å²) in [6.07, 6.45) is 0.212. The molecule has 2 aromatic rings. The molecular formula is C44H62N6O11. The smallest absolute Gasteiger partial charge is 0.316 e. The number of carbonyl (C=O) groups excluding carboxylic acids is 3. The minimum absolute atomic E-state index is 0.0706. The quantitative estimate of drug-likeness (QED) is 0.302. The summed E-state index contributed by atoms with van der Waals surface area (Å²) in [5.41, 5.74) is -0.764. The van der Waals surface area contributed by atoms with Gasteiger partial charge in [-0.25, -0.2) is 4.99 Å². The zero-order chi connectivity index (χ0) is 44.4. The van der Waals surface area contributed by atoms with Crippen LogP contribution in [0, 0.1) is 23.7 Å². The number of carbonyl (C=O) groups is 3. The Hall–Kier alpha value is -4.10. The van der Waals surface area contributed by atoms with Crippen molar-refractivity contribution in [1.82, 2.24) is 19.9 Å². The molecule has 61 heavy (non-hydrogen) atoms. The molecule has 4 bridgehead atoms. The first-order valence-electron chi connectivity index (χ1n) is 21.3. The standard InChI is InChI=1S/C44H62N6O11/c1-11-34-44(8,55)39-25(4)35-23(2)18-43(7,38(26(5)36(51)27(6)41(54)59-34)60-42-37(52)32(50(9)10)16-24(3)58-42)57-22-29(21-56-39)49-61-33(40(53)48-35)17-28-12-13-30(47-19-28)31-20-45-14-15-46-31/h12-15,19-20,23-27,32-34,37-39,42,52,55H,11,16-18,21-22H2,1-10H3/b48-35?,49-29+/t23-,24-,25-,26+,27-,32+,33?,34-,37-,38-,39+,42+,43-,44-/m1/s1. The third-order valence-corrected chi connectivity index (χ3v) is 12.7. The average molecular weight is 851 g/mol. The SMILES string of the molecule is CC[C@H]1OC(=O)[C@H](C)C(=O)[C@H](C)[C@@H](O[C@@H]2O[C@H](C)C[C@H](N(C)C)[C@H]2O)[C@@]2(C)C[C@@H](C)C3=NC(=O)C(Cc4ccc(-c5cnccn5)nc4)O/N=C(\CO[C@@H]([C@@H]3C)[C@]1(C)O)CO2. The summed E-state index contributed by atoms with van der Waals surface area (Å²) >= 11 is 0. The number of cyclic esters (lactones) is 1. The molecule has 1 amide bonds. The fraction of sp³-hybridized carbons (Fsp3) is 0.682. The number of likely N-dealkylation sites (N-methyl/N-ethyl adjacent to an activating group) is 1. The van der Waals surface area contributed by atoms with E-state index in [1.807, 2.05) is 45.8 Å². The van der Waals surface area contributed by atoms with Gasteiger partial charge in [0.05, 0.1) is 49.0 Å². The molecule has 0 radical (unpaired) electrons. The summed E-state index contributed by atoms with van der Waals surface area (Å²) < 4.78 is 32.4. The molecule has 0 saturated carbocycles. The van der Waals surface area contributed by atoms with E-state index in [4.69, 9.17) is 33.5 Å². The fourth-order valence-corrected chi connectivity index (χ4v) is 9.27. The maximum Gasteiger partial charge on any atom is 0.316 e. The predicted octanol–water partition coefficient (Wildman–Crippen LogP) is 3.38. The van der Waals surface area contributed by atoms with Crippen molar-refractivity contribution >= 4 is 29.1 Å². The Balaban J connectivity index is 1.47. The molecular weight excluding hydrogens is 789 g/mol. The van der Waals surface area contributed by atoms with Gasteiger partial charge in [0.1, 0.15) is 35.1 Å². The molecule has 1 unspecified atom stereocenters. The summed E-state index contributed by atoms with van der Waals surface area (Å²) in [7, 11) is 3.73. The van der Waals surface area contributed by atoms with Crippen molar-refractivity contribution in [3.8, 4) is 11.4 Å². The van der Waals surface area contributed by atoms with Crippen LogP contribution in [0.2, 0.25) is 0 Å². The molecule has 6 rings (SSSR count). The van der Waals surface area contributed by atoms with Gasteiger partial charge < -0.3 is 43.6 Å². The Morgan fingerprint density at radius 3 is 2.38 bits per heavy atom. The van der Waals surface area contributed by atoms with Gasteiger partial charge in [0, 0.05) is 48.6 Å². The minimum Gasteiger partial charge on any atom is -0.459 e. The molecule has 6 heterocycles. The van der Waals surface area contributed by atoms with E-state index < -0.39 is 89.3 Å². The number of aliphatic hydroxyl groups is 2. The van der Waals surface area contributed by atoms with E-state index in [2.05, 4.69) is 20.1 Å². The highest BCUT2D eigenvalue weighted by Gasteiger charge is 2.53. The first-order valence-corrected chi connectivity index (χ1v) is 21.3. The lowest BCUT2D eigenvalue weighted by atomic mass is 9.73. The van der Waals surface area contributed by atoms with Gasteiger partial charge >= 0.3 is 5.97 Å². The lowest BCUT2D eigenvalue weighted by molar-refractivity contribution is -0.296. The van der Waals surface area contributed by atoms with Gasteiger partial charge in [-0.15, -0.1) is 0 Å². The van der Waals surface area contributed by atoms with Gasteiger partial charge in [-0.1, -0.05) is 38.9 Å². The number of aliphatic imine (C=N–C) groups is 1. The lowest BCUT2D eigenvalue weighted by Crippen LogP contribution is -2.60. The van der Waals surface area contributed by atoms with Crippen LogP contribution in [0.5, 0.6) is 0 Å². The Morgan fingerprint density at radius 2 is 1.72 bits per heavy atom. The van der Waals surface area contributed by atoms with E-state index >= 15 is 0 Å². The van der Waals surface area contributed by atoms with Crippen molar-refractivity contribution in [1.29, 1.82) is 0 Å². The second kappa shape index (κ2) is 19.1. The number of oxime groups is 1. The van der Waals surface area contributed by atoms with E-state index in [0.717, 1.165) is 0 Å². The largest absolute Gasteiger partial charge is 0.459 e. The van der Waals surface area contributed by atoms with Gasteiger partial charge in [-0.2, -0.15) is 0 Å². The normalized spacial score (nSPS) is 38.9. The second-order valence-electron chi connectivity index (χ2n) is 17.8. The first-order chi connectivity index (χ1) is 28.8. The number of rotatable bonds is 7. The van der Waals surface area contributed by atoms with Gasteiger partial charge in [0.15, 0.2) is 12.1 Å². The van der Waals surface area contributed by atoms with E-state index in [1.54, 1.807) is 51.6 Å². The monoisotopic (exact) mass is 850 g/mol. The number of Topliss-reactive ketones (excluding diaryl/α,β-unsaturated/α-hetero) is 1. The maximum atomic E-state index is 14.5. The van der Waals surface area contributed by atoms with Crippen molar-refractivity contribution in [3.63, 3.8) is 0 Å². The Morgan fingerprint density at radius 1 is 0.967 bits per heavy atom. The molecule has 4 aliphatic rings. The summed E-state index contributed by atoms with van der Waals surface area (Å²) in [6, 6.07) is 3.28. The third-order valence-electron chi connectivity index (χ3n) is 12.7. The van der Waals surface area contributed by atoms with Gasteiger partial charge in [0.2, 0.25) is 6.10 Å². The number of aliphatic hydroxyl groups excluding tert-OH is 1. The Labute approximate surface area is 357 Å². The van der Waals surface area contributed by atoms with Crippen LogP contribution in [0.1, 0.15) is 80.2 Å². The molecule has 3 saturated heterocycles. The zero-order valence-corrected chi connectivity index (χ0v) is 36.9. The summed E-state index contributed by atoms with van der Waals surface area (Å²) in [4.78, 5) is 68.5. The highest BCUT2D eigenvalue weighted by atomic mass is 16.7. The van der Waals surface area contributed by atoms with Crippen LogP contribution in [0.3, 0.4) is 0 Å². The van der Waals surface area contributed by atoms with Gasteiger partial charge in [-0.05, 0) is 78.6 Å². The Bertz CT molecular complexity index is 1930. The Kier molecular flexibility index (Phi) is 14.5. The molecule has 3 fully saturated rings. The summed E-state index contributed by atoms with van der Waals surface area (Å²) in [5.74, 6) is -5.54. The number of hydrogen-bond donors (Lipinski definition) is 2. The highest BCUT2D eigenvalue weighted by molar-refractivity contribution is 6.01. The molecule has 334 valence electrons. The van der Waals surface area contributed by atoms with Crippen molar-refractivity contribution < 1.29 is 53.1 Å². The van der Waals surface area contributed by atoms with Crippen molar-refractivity contribution in [3.05, 3.63) is 42.5 Å². The molecule has 17 heteroatoms. The summed E-state index contributed by atoms with van der Waals surface area (Å²) in [6.45, 7) is 13.4. The van der Waals surface area contributed by atoms with Crippen LogP contribution < -0.4 is 0 Å².